The van der Waals surface area contributed by atoms with Crippen molar-refractivity contribution in [3.05, 3.63) is 23.5 Å². The van der Waals surface area contributed by atoms with E-state index in [9.17, 15) is 10.2 Å². The molecule has 1 heterocycles. The van der Waals surface area contributed by atoms with Gasteiger partial charge in [0.2, 0.25) is 0 Å². The van der Waals surface area contributed by atoms with Gasteiger partial charge in [-0.1, -0.05) is 6.08 Å². The van der Waals surface area contributed by atoms with Crippen molar-refractivity contribution in [2.45, 2.75) is 19.3 Å². The molecule has 2 rings (SSSR count). The number of aliphatic hydroxyl groups excluding tert-OH is 2. The molecule has 1 saturated heterocycles. The van der Waals surface area contributed by atoms with Gasteiger partial charge < -0.3 is 14.9 Å². The zero-order valence-electron chi connectivity index (χ0n) is 8.20. The van der Waals surface area contributed by atoms with E-state index < -0.39 is 5.41 Å². The highest BCUT2D eigenvalue weighted by atomic mass is 16.5. The van der Waals surface area contributed by atoms with E-state index >= 15 is 0 Å². The highest BCUT2D eigenvalue weighted by Gasteiger charge is 2.39. The summed E-state index contributed by atoms with van der Waals surface area (Å²) < 4.78 is 5.51. The Morgan fingerprint density at radius 3 is 2.64 bits per heavy atom. The van der Waals surface area contributed by atoms with Crippen molar-refractivity contribution < 1.29 is 14.9 Å². The second kappa shape index (κ2) is 3.75. The highest BCUT2D eigenvalue weighted by molar-refractivity contribution is 5.37. The molecule has 0 aromatic heterocycles. The third-order valence-electron chi connectivity index (χ3n) is 3.13. The lowest BCUT2D eigenvalue weighted by Crippen LogP contribution is -2.38. The van der Waals surface area contributed by atoms with Crippen LogP contribution in [0.1, 0.15) is 19.3 Å². The fraction of sp³-hybridized carbons (Fsp3) is 0.636. The maximum Gasteiger partial charge on any atom is 0.118 e. The maximum absolute atomic E-state index is 9.40. The molecule has 0 saturated carbocycles. The van der Waals surface area contributed by atoms with E-state index in [-0.39, 0.29) is 13.2 Å². The van der Waals surface area contributed by atoms with E-state index in [0.717, 1.165) is 24.2 Å². The van der Waals surface area contributed by atoms with Crippen molar-refractivity contribution in [3.63, 3.8) is 0 Å². The van der Waals surface area contributed by atoms with Crippen LogP contribution in [0.3, 0.4) is 0 Å². The van der Waals surface area contributed by atoms with E-state index in [1.807, 2.05) is 0 Å². The summed E-state index contributed by atoms with van der Waals surface area (Å²) in [5, 5.41) is 18.8. The van der Waals surface area contributed by atoms with E-state index in [2.05, 4.69) is 12.2 Å². The highest BCUT2D eigenvalue weighted by Crippen LogP contribution is 2.41. The van der Waals surface area contributed by atoms with Gasteiger partial charge in [-0.15, -0.1) is 0 Å². The molecule has 1 aliphatic carbocycles. The lowest BCUT2D eigenvalue weighted by Gasteiger charge is -2.39. The third-order valence-corrected chi connectivity index (χ3v) is 3.13. The Kier molecular flexibility index (Phi) is 2.61. The first-order valence-electron chi connectivity index (χ1n) is 5.08. The Hall–Kier alpha value is -0.800. The molecule has 0 atom stereocenters. The number of rotatable bonds is 2. The quantitative estimate of drug-likeness (QED) is 0.692. The molecule has 0 unspecified atom stereocenters. The predicted molar refractivity (Wildman–Crippen MR) is 52.6 cm³/mol. The van der Waals surface area contributed by atoms with E-state index in [1.165, 1.54) is 0 Å². The molecular weight excluding hydrogens is 180 g/mol. The number of fused-ring (bicyclic) bond motifs is 1. The molecule has 2 N–H and O–H groups in total. The normalized spacial score (nSPS) is 24.4. The van der Waals surface area contributed by atoms with Crippen molar-refractivity contribution in [3.8, 4) is 0 Å². The van der Waals surface area contributed by atoms with Crippen LogP contribution in [0.4, 0.5) is 0 Å². The number of allylic oxidation sites excluding steroid dienone is 3. The molecule has 0 aromatic carbocycles. The molecule has 0 amide bonds. The largest absolute Gasteiger partial charge is 0.494 e. The molecule has 2 aliphatic rings. The van der Waals surface area contributed by atoms with Crippen molar-refractivity contribution >= 4 is 0 Å². The van der Waals surface area contributed by atoms with Crippen LogP contribution in [0.2, 0.25) is 0 Å². The molecule has 3 nitrogen and oxygen atoms in total. The van der Waals surface area contributed by atoms with Crippen molar-refractivity contribution in [2.24, 2.45) is 5.41 Å². The van der Waals surface area contributed by atoms with Crippen LogP contribution in [0.15, 0.2) is 23.5 Å². The van der Waals surface area contributed by atoms with E-state index in [1.54, 1.807) is 0 Å². The van der Waals surface area contributed by atoms with E-state index in [4.69, 9.17) is 4.74 Å². The third kappa shape index (κ3) is 1.37. The summed E-state index contributed by atoms with van der Waals surface area (Å²) in [5.41, 5.74) is 0.532. The second-order valence-electron chi connectivity index (χ2n) is 3.96. The predicted octanol–water partition coefficient (Wildman–Crippen LogP) is 0.982. The molecule has 14 heavy (non-hydrogen) atoms. The minimum atomic E-state index is -0.468. The van der Waals surface area contributed by atoms with Crippen LogP contribution in [-0.4, -0.2) is 30.0 Å². The molecule has 3 heteroatoms. The first kappa shape index (κ1) is 9.74. The number of ether oxygens (including phenoxy) is 1. The first-order chi connectivity index (χ1) is 6.82. The van der Waals surface area contributed by atoms with E-state index in [0.29, 0.717) is 13.0 Å². The summed E-state index contributed by atoms with van der Waals surface area (Å²) in [6.45, 7) is 0.580. The van der Waals surface area contributed by atoms with Gasteiger partial charge in [-0.2, -0.15) is 0 Å². The fourth-order valence-electron chi connectivity index (χ4n) is 2.14. The van der Waals surface area contributed by atoms with Gasteiger partial charge in [0.25, 0.3) is 0 Å². The Bertz CT molecular complexity index is 274. The summed E-state index contributed by atoms with van der Waals surface area (Å²) in [7, 11) is 0. The lowest BCUT2D eigenvalue weighted by atomic mass is 9.74. The minimum Gasteiger partial charge on any atom is -0.494 e. The Balaban J connectivity index is 2.33. The van der Waals surface area contributed by atoms with Gasteiger partial charge >= 0.3 is 0 Å². The van der Waals surface area contributed by atoms with Gasteiger partial charge in [0.15, 0.2) is 0 Å². The SMILES string of the molecule is OCC1(CO)CCOC2=CCCC=C21. The van der Waals surface area contributed by atoms with Crippen LogP contribution in [-0.2, 0) is 4.74 Å². The monoisotopic (exact) mass is 196 g/mol. The number of hydrogen-bond acceptors (Lipinski definition) is 3. The lowest BCUT2D eigenvalue weighted by molar-refractivity contribution is 0.0249. The van der Waals surface area contributed by atoms with Gasteiger partial charge in [-0.25, -0.2) is 0 Å². The standard InChI is InChI=1S/C11H16O3/c12-7-11(8-13)5-6-14-10-4-2-1-3-9(10)11/h3-4,12-13H,1-2,5-8H2. The van der Waals surface area contributed by atoms with Crippen LogP contribution < -0.4 is 0 Å². The van der Waals surface area contributed by atoms with Gasteiger partial charge in [0, 0.05) is 11.0 Å². The minimum absolute atomic E-state index is 0.00394. The molecule has 1 aliphatic heterocycles. The number of hydrogen-bond donors (Lipinski definition) is 2. The van der Waals surface area contributed by atoms with Crippen LogP contribution in [0, 0.1) is 5.41 Å². The van der Waals surface area contributed by atoms with Gasteiger partial charge in [-0.05, 0) is 25.3 Å². The van der Waals surface area contributed by atoms with Crippen molar-refractivity contribution in [1.82, 2.24) is 0 Å². The van der Waals surface area contributed by atoms with Crippen LogP contribution >= 0.6 is 0 Å². The first-order valence-corrected chi connectivity index (χ1v) is 5.08. The van der Waals surface area contributed by atoms with Gasteiger partial charge in [-0.3, -0.25) is 0 Å². The van der Waals surface area contributed by atoms with Crippen molar-refractivity contribution in [1.29, 1.82) is 0 Å². The van der Waals surface area contributed by atoms with Crippen LogP contribution in [0.5, 0.6) is 0 Å². The smallest absolute Gasteiger partial charge is 0.118 e. The molecule has 78 valence electrons. The molecule has 0 aromatic rings. The average Bonchev–Trinajstić information content (AvgIpc) is 2.28. The molecule has 0 bridgehead atoms. The Labute approximate surface area is 83.7 Å². The average molecular weight is 196 g/mol. The summed E-state index contributed by atoms with van der Waals surface area (Å²) >= 11 is 0. The van der Waals surface area contributed by atoms with Gasteiger partial charge in [0.1, 0.15) is 5.76 Å². The topological polar surface area (TPSA) is 49.7 Å². The fourth-order valence-corrected chi connectivity index (χ4v) is 2.14. The summed E-state index contributed by atoms with van der Waals surface area (Å²) in [4.78, 5) is 0. The van der Waals surface area contributed by atoms with Gasteiger partial charge in [0.05, 0.1) is 19.8 Å². The molecular formula is C11H16O3. The number of aliphatic hydroxyl groups is 2. The zero-order valence-corrected chi connectivity index (χ0v) is 8.20. The Morgan fingerprint density at radius 2 is 1.93 bits per heavy atom. The molecule has 0 spiro atoms. The van der Waals surface area contributed by atoms with Crippen LogP contribution in [0.25, 0.3) is 0 Å². The summed E-state index contributed by atoms with van der Waals surface area (Å²) in [6.07, 6.45) is 6.80. The summed E-state index contributed by atoms with van der Waals surface area (Å²) in [5.74, 6) is 0.866. The molecule has 1 fully saturated rings. The molecule has 0 radical (unpaired) electrons. The zero-order chi connectivity index (χ0) is 10.0. The Morgan fingerprint density at radius 1 is 1.21 bits per heavy atom. The summed E-state index contributed by atoms with van der Waals surface area (Å²) in [6, 6.07) is 0. The maximum atomic E-state index is 9.40. The van der Waals surface area contributed by atoms with Crippen molar-refractivity contribution in [2.75, 3.05) is 19.8 Å². The second-order valence-corrected chi connectivity index (χ2v) is 3.96.